The third-order valence-corrected chi connectivity index (χ3v) is 3.67. The summed E-state index contributed by atoms with van der Waals surface area (Å²) < 4.78 is 0. The van der Waals surface area contributed by atoms with Crippen LogP contribution in [0.1, 0.15) is 42.9 Å². The quantitative estimate of drug-likeness (QED) is 0.352. The molecule has 1 aromatic carbocycles. The molecular weight excluding hydrogens is 361 g/mol. The third kappa shape index (κ3) is 4.96. The Hall–Kier alpha value is -0.780. The van der Waals surface area contributed by atoms with E-state index >= 15 is 0 Å². The molecule has 20 heavy (non-hydrogen) atoms. The summed E-state index contributed by atoms with van der Waals surface area (Å²) in [5, 5.41) is 6.71. The fraction of sp³-hybridized carbons (Fsp3) is 0.562. The summed E-state index contributed by atoms with van der Waals surface area (Å²) in [5.74, 6) is 0.897. The van der Waals surface area contributed by atoms with E-state index in [1.54, 1.807) is 0 Å². The Morgan fingerprint density at radius 2 is 2.00 bits per heavy atom. The summed E-state index contributed by atoms with van der Waals surface area (Å²) in [7, 11) is 1.82. The standard InChI is InChI=1S/C16H25N3.HI/c1-3-4-10-18-16(17-2)19-12-13-8-9-14-6-5-7-15(14)11-13;/h8-9,11H,3-7,10,12H2,1-2H3,(H2,17,18,19);1H. The average molecular weight is 387 g/mol. The Balaban J connectivity index is 0.00000200. The predicted octanol–water partition coefficient (Wildman–Crippen LogP) is 3.26. The number of nitrogens with one attached hydrogen (secondary N) is 2. The second-order valence-electron chi connectivity index (χ2n) is 5.16. The fourth-order valence-corrected chi connectivity index (χ4v) is 2.53. The maximum Gasteiger partial charge on any atom is 0.191 e. The van der Waals surface area contributed by atoms with Crippen LogP contribution in [0.5, 0.6) is 0 Å². The lowest BCUT2D eigenvalue weighted by Crippen LogP contribution is -2.37. The van der Waals surface area contributed by atoms with Crippen molar-refractivity contribution in [1.29, 1.82) is 0 Å². The smallest absolute Gasteiger partial charge is 0.191 e. The van der Waals surface area contributed by atoms with Gasteiger partial charge >= 0.3 is 0 Å². The van der Waals surface area contributed by atoms with E-state index in [-0.39, 0.29) is 24.0 Å². The van der Waals surface area contributed by atoms with E-state index in [1.165, 1.54) is 48.8 Å². The van der Waals surface area contributed by atoms with Crippen molar-refractivity contribution in [3.05, 3.63) is 34.9 Å². The van der Waals surface area contributed by atoms with Gasteiger partial charge in [-0.2, -0.15) is 0 Å². The van der Waals surface area contributed by atoms with Crippen LogP contribution in [-0.4, -0.2) is 19.6 Å². The van der Waals surface area contributed by atoms with Crippen molar-refractivity contribution in [2.45, 2.75) is 45.6 Å². The highest BCUT2D eigenvalue weighted by atomic mass is 127. The number of aryl methyl sites for hydroxylation is 2. The maximum atomic E-state index is 4.24. The van der Waals surface area contributed by atoms with Gasteiger partial charge in [0.25, 0.3) is 0 Å². The molecule has 0 unspecified atom stereocenters. The Bertz CT molecular complexity index is 443. The number of halogens is 1. The zero-order valence-corrected chi connectivity index (χ0v) is 14.9. The molecule has 0 spiro atoms. The lowest BCUT2D eigenvalue weighted by Gasteiger charge is -2.12. The Morgan fingerprint density at radius 1 is 1.20 bits per heavy atom. The number of rotatable bonds is 5. The normalized spacial score (nSPS) is 13.6. The van der Waals surface area contributed by atoms with Crippen molar-refractivity contribution in [1.82, 2.24) is 10.6 Å². The van der Waals surface area contributed by atoms with Gasteiger partial charge in [-0.3, -0.25) is 4.99 Å². The topological polar surface area (TPSA) is 36.4 Å². The molecule has 1 aromatic rings. The van der Waals surface area contributed by atoms with E-state index in [0.717, 1.165) is 19.0 Å². The summed E-state index contributed by atoms with van der Waals surface area (Å²) in [4.78, 5) is 4.24. The van der Waals surface area contributed by atoms with E-state index in [1.807, 2.05) is 7.05 Å². The first kappa shape index (κ1) is 17.3. The van der Waals surface area contributed by atoms with E-state index in [9.17, 15) is 0 Å². The molecule has 0 heterocycles. The first-order valence-corrected chi connectivity index (χ1v) is 7.38. The number of hydrogen-bond acceptors (Lipinski definition) is 1. The van der Waals surface area contributed by atoms with E-state index in [2.05, 4.69) is 40.7 Å². The van der Waals surface area contributed by atoms with Crippen LogP contribution in [0.15, 0.2) is 23.2 Å². The molecular formula is C16H26IN3. The molecule has 0 aliphatic heterocycles. The van der Waals surface area contributed by atoms with Crippen molar-refractivity contribution in [2.24, 2.45) is 4.99 Å². The molecule has 0 amide bonds. The summed E-state index contributed by atoms with van der Waals surface area (Å²) in [6, 6.07) is 6.86. The van der Waals surface area contributed by atoms with Crippen molar-refractivity contribution in [3.8, 4) is 0 Å². The van der Waals surface area contributed by atoms with Gasteiger partial charge in [0.1, 0.15) is 0 Å². The molecule has 3 nitrogen and oxygen atoms in total. The van der Waals surface area contributed by atoms with Crippen LogP contribution in [-0.2, 0) is 19.4 Å². The number of benzene rings is 1. The van der Waals surface area contributed by atoms with Crippen LogP contribution >= 0.6 is 24.0 Å². The zero-order valence-electron chi connectivity index (χ0n) is 12.5. The molecule has 0 radical (unpaired) electrons. The number of fused-ring (bicyclic) bond motifs is 1. The molecule has 0 bridgehead atoms. The molecule has 2 N–H and O–H groups in total. The Morgan fingerprint density at radius 3 is 2.75 bits per heavy atom. The minimum Gasteiger partial charge on any atom is -0.356 e. The van der Waals surface area contributed by atoms with Gasteiger partial charge in [-0.25, -0.2) is 0 Å². The molecule has 1 aliphatic rings. The predicted molar refractivity (Wildman–Crippen MR) is 97.0 cm³/mol. The summed E-state index contributed by atoms with van der Waals surface area (Å²) in [5.41, 5.74) is 4.42. The van der Waals surface area contributed by atoms with Crippen LogP contribution in [0, 0.1) is 0 Å². The third-order valence-electron chi connectivity index (χ3n) is 3.67. The van der Waals surface area contributed by atoms with Gasteiger partial charge < -0.3 is 10.6 Å². The summed E-state index contributed by atoms with van der Waals surface area (Å²) in [6.07, 6.45) is 6.19. The first-order chi connectivity index (χ1) is 9.33. The number of hydrogen-bond donors (Lipinski definition) is 2. The number of unbranched alkanes of at least 4 members (excludes halogenated alkanes) is 1. The van der Waals surface area contributed by atoms with Crippen LogP contribution in [0.3, 0.4) is 0 Å². The van der Waals surface area contributed by atoms with Gasteiger partial charge in [-0.05, 0) is 42.4 Å². The van der Waals surface area contributed by atoms with Crippen molar-refractivity contribution in [2.75, 3.05) is 13.6 Å². The number of nitrogens with zero attached hydrogens (tertiary/aromatic N) is 1. The van der Waals surface area contributed by atoms with Gasteiger partial charge in [0, 0.05) is 20.1 Å². The molecule has 4 heteroatoms. The minimum atomic E-state index is 0. The van der Waals surface area contributed by atoms with Gasteiger partial charge in [0.05, 0.1) is 0 Å². The molecule has 2 rings (SSSR count). The monoisotopic (exact) mass is 387 g/mol. The molecule has 0 aromatic heterocycles. The largest absolute Gasteiger partial charge is 0.356 e. The van der Waals surface area contributed by atoms with Crippen molar-refractivity contribution >= 4 is 29.9 Å². The molecule has 112 valence electrons. The highest BCUT2D eigenvalue weighted by molar-refractivity contribution is 14.0. The number of guanidine groups is 1. The molecule has 0 atom stereocenters. The number of aliphatic imine (C=N–C) groups is 1. The highest BCUT2D eigenvalue weighted by Crippen LogP contribution is 2.22. The Kier molecular flexibility index (Phi) is 7.95. The van der Waals surface area contributed by atoms with Crippen LogP contribution in [0.4, 0.5) is 0 Å². The molecule has 0 saturated heterocycles. The van der Waals surface area contributed by atoms with Gasteiger partial charge in [0.15, 0.2) is 5.96 Å². The van der Waals surface area contributed by atoms with Gasteiger partial charge in [-0.15, -0.1) is 24.0 Å². The van der Waals surface area contributed by atoms with Crippen LogP contribution in [0.2, 0.25) is 0 Å². The lowest BCUT2D eigenvalue weighted by atomic mass is 10.1. The first-order valence-electron chi connectivity index (χ1n) is 7.38. The summed E-state index contributed by atoms with van der Waals surface area (Å²) >= 11 is 0. The average Bonchev–Trinajstić information content (AvgIpc) is 2.90. The zero-order chi connectivity index (χ0) is 13.5. The second kappa shape index (κ2) is 9.21. The van der Waals surface area contributed by atoms with Crippen molar-refractivity contribution in [3.63, 3.8) is 0 Å². The molecule has 0 fully saturated rings. The van der Waals surface area contributed by atoms with E-state index in [4.69, 9.17) is 0 Å². The second-order valence-corrected chi connectivity index (χ2v) is 5.16. The van der Waals surface area contributed by atoms with Crippen LogP contribution < -0.4 is 10.6 Å². The molecule has 1 aliphatic carbocycles. The summed E-state index contributed by atoms with van der Waals surface area (Å²) in [6.45, 7) is 4.03. The molecule has 0 saturated carbocycles. The van der Waals surface area contributed by atoms with E-state index < -0.39 is 0 Å². The van der Waals surface area contributed by atoms with Crippen LogP contribution in [0.25, 0.3) is 0 Å². The van der Waals surface area contributed by atoms with E-state index in [0.29, 0.717) is 0 Å². The SMILES string of the molecule is CCCCNC(=NC)NCc1ccc2c(c1)CCC2.I. The van der Waals surface area contributed by atoms with Gasteiger partial charge in [-0.1, -0.05) is 31.5 Å². The Labute approximate surface area is 139 Å². The maximum absolute atomic E-state index is 4.24. The minimum absolute atomic E-state index is 0. The van der Waals surface area contributed by atoms with Crippen molar-refractivity contribution < 1.29 is 0 Å². The highest BCUT2D eigenvalue weighted by Gasteiger charge is 2.10. The van der Waals surface area contributed by atoms with Gasteiger partial charge in [0.2, 0.25) is 0 Å². The lowest BCUT2D eigenvalue weighted by molar-refractivity contribution is 0.728. The fourth-order valence-electron chi connectivity index (χ4n) is 2.53.